The third kappa shape index (κ3) is 6.44. The summed E-state index contributed by atoms with van der Waals surface area (Å²) in [5.74, 6) is 1.69. The highest BCUT2D eigenvalue weighted by molar-refractivity contribution is 5.85. The molecule has 0 aromatic carbocycles. The van der Waals surface area contributed by atoms with E-state index in [1.807, 2.05) is 0 Å². The maximum absolute atomic E-state index is 9.24. The predicted octanol–water partition coefficient (Wildman–Crippen LogP) is 2.28. The fourth-order valence-electron chi connectivity index (χ4n) is 3.58. The van der Waals surface area contributed by atoms with Gasteiger partial charge in [-0.25, -0.2) is 0 Å². The summed E-state index contributed by atoms with van der Waals surface area (Å²) >= 11 is 0. The molecule has 3 nitrogen and oxygen atoms in total. The molecule has 0 bridgehead atoms. The maximum atomic E-state index is 9.24. The van der Waals surface area contributed by atoms with Crippen LogP contribution in [0.3, 0.4) is 0 Å². The summed E-state index contributed by atoms with van der Waals surface area (Å²) in [6.45, 7) is 5.95. The highest BCUT2D eigenvalue weighted by atomic mass is 35.5. The van der Waals surface area contributed by atoms with Gasteiger partial charge in [0.15, 0.2) is 0 Å². The number of piperidine rings is 1. The van der Waals surface area contributed by atoms with Gasteiger partial charge in [0.1, 0.15) is 0 Å². The van der Waals surface area contributed by atoms with Crippen molar-refractivity contribution in [3.63, 3.8) is 0 Å². The zero-order chi connectivity index (χ0) is 12.6. The highest BCUT2D eigenvalue weighted by Crippen LogP contribution is 2.25. The van der Waals surface area contributed by atoms with E-state index in [-0.39, 0.29) is 12.4 Å². The van der Waals surface area contributed by atoms with Gasteiger partial charge in [0.05, 0.1) is 6.61 Å². The summed E-state index contributed by atoms with van der Waals surface area (Å²) in [5, 5.41) is 12.7. The van der Waals surface area contributed by atoms with Crippen LogP contribution in [0.15, 0.2) is 0 Å². The maximum Gasteiger partial charge on any atom is 0.0558 e. The molecular weight excluding hydrogens is 260 g/mol. The molecule has 1 aliphatic heterocycles. The predicted molar refractivity (Wildman–Crippen MR) is 82.9 cm³/mol. The molecule has 0 amide bonds. The largest absolute Gasteiger partial charge is 0.395 e. The number of nitrogens with zero attached hydrogens (tertiary/aromatic N) is 1. The fourth-order valence-corrected chi connectivity index (χ4v) is 3.58. The van der Waals surface area contributed by atoms with Gasteiger partial charge in [-0.15, -0.1) is 12.4 Å². The van der Waals surface area contributed by atoms with Gasteiger partial charge < -0.3 is 15.3 Å². The lowest BCUT2D eigenvalue weighted by molar-refractivity contribution is 0.135. The number of aliphatic hydroxyl groups is 1. The molecular formula is C15H31ClN2O. The molecule has 2 aliphatic rings. The number of aliphatic hydroxyl groups excluding tert-OH is 1. The monoisotopic (exact) mass is 290 g/mol. The molecule has 0 aromatic rings. The summed E-state index contributed by atoms with van der Waals surface area (Å²) < 4.78 is 0. The average Bonchev–Trinajstić information content (AvgIpc) is 2.41. The third-order valence-electron chi connectivity index (χ3n) is 4.57. The summed E-state index contributed by atoms with van der Waals surface area (Å²) in [5.41, 5.74) is 0. The van der Waals surface area contributed by atoms with Crippen LogP contribution in [-0.4, -0.2) is 49.3 Å². The second kappa shape index (κ2) is 9.98. The van der Waals surface area contributed by atoms with Gasteiger partial charge in [0.2, 0.25) is 0 Å². The Labute approximate surface area is 124 Å². The lowest BCUT2D eigenvalue weighted by Crippen LogP contribution is -2.41. The molecule has 2 N–H and O–H groups in total. The van der Waals surface area contributed by atoms with Crippen molar-refractivity contribution in [1.82, 2.24) is 10.2 Å². The minimum atomic E-state index is 0. The second-order valence-corrected chi connectivity index (χ2v) is 6.20. The summed E-state index contributed by atoms with van der Waals surface area (Å²) in [6.07, 6.45) is 9.77. The molecule has 1 aliphatic carbocycles. The minimum Gasteiger partial charge on any atom is -0.395 e. The molecule has 19 heavy (non-hydrogen) atoms. The number of nitrogens with one attached hydrogen (secondary N) is 1. The van der Waals surface area contributed by atoms with E-state index in [4.69, 9.17) is 0 Å². The first-order valence-electron chi connectivity index (χ1n) is 7.92. The van der Waals surface area contributed by atoms with E-state index in [0.29, 0.717) is 6.61 Å². The summed E-state index contributed by atoms with van der Waals surface area (Å²) in [6, 6.07) is 0. The molecule has 1 saturated carbocycles. The SMILES string of the molecule is Cl.OCCN(CC1CCCCC1)CC1CCCNC1. The summed E-state index contributed by atoms with van der Waals surface area (Å²) in [7, 11) is 0. The van der Waals surface area contributed by atoms with Crippen molar-refractivity contribution >= 4 is 12.4 Å². The zero-order valence-electron chi connectivity index (χ0n) is 12.1. The molecule has 4 heteroatoms. The van der Waals surface area contributed by atoms with Crippen molar-refractivity contribution in [2.24, 2.45) is 11.8 Å². The molecule has 2 fully saturated rings. The molecule has 1 unspecified atom stereocenters. The fraction of sp³-hybridized carbons (Fsp3) is 1.00. The molecule has 1 heterocycles. The quantitative estimate of drug-likeness (QED) is 0.788. The van der Waals surface area contributed by atoms with Crippen molar-refractivity contribution in [3.8, 4) is 0 Å². The second-order valence-electron chi connectivity index (χ2n) is 6.20. The standard InChI is InChI=1S/C15H30N2O.ClH/c18-10-9-17(12-14-5-2-1-3-6-14)13-15-7-4-8-16-11-15;/h14-16,18H,1-13H2;1H. The van der Waals surface area contributed by atoms with E-state index >= 15 is 0 Å². The average molecular weight is 291 g/mol. The van der Waals surface area contributed by atoms with E-state index < -0.39 is 0 Å². The van der Waals surface area contributed by atoms with E-state index in [9.17, 15) is 5.11 Å². The number of halogens is 1. The molecule has 1 atom stereocenters. The lowest BCUT2D eigenvalue weighted by atomic mass is 9.88. The molecule has 0 radical (unpaired) electrons. The Hall–Kier alpha value is 0.170. The molecule has 0 aromatic heterocycles. The zero-order valence-corrected chi connectivity index (χ0v) is 13.0. The third-order valence-corrected chi connectivity index (χ3v) is 4.57. The van der Waals surface area contributed by atoms with Crippen LogP contribution >= 0.6 is 12.4 Å². The lowest BCUT2D eigenvalue weighted by Gasteiger charge is -2.33. The van der Waals surface area contributed by atoms with Crippen LogP contribution < -0.4 is 5.32 Å². The van der Waals surface area contributed by atoms with Gasteiger partial charge in [-0.3, -0.25) is 0 Å². The van der Waals surface area contributed by atoms with Crippen molar-refractivity contribution in [3.05, 3.63) is 0 Å². The Bertz CT molecular complexity index is 196. The van der Waals surface area contributed by atoms with Gasteiger partial charge >= 0.3 is 0 Å². The Kier molecular flexibility index (Phi) is 9.04. The van der Waals surface area contributed by atoms with Gasteiger partial charge in [-0.05, 0) is 50.6 Å². The first kappa shape index (κ1) is 17.2. The number of hydrogen-bond donors (Lipinski definition) is 2. The van der Waals surface area contributed by atoms with Crippen LogP contribution in [-0.2, 0) is 0 Å². The topological polar surface area (TPSA) is 35.5 Å². The normalized spacial score (nSPS) is 25.3. The minimum absolute atomic E-state index is 0. The van der Waals surface area contributed by atoms with Crippen molar-refractivity contribution in [2.45, 2.75) is 44.9 Å². The Morgan fingerprint density at radius 2 is 1.63 bits per heavy atom. The van der Waals surface area contributed by atoms with Gasteiger partial charge in [0, 0.05) is 19.6 Å². The number of hydrogen-bond acceptors (Lipinski definition) is 3. The Balaban J connectivity index is 0.00000180. The van der Waals surface area contributed by atoms with E-state index in [1.54, 1.807) is 0 Å². The van der Waals surface area contributed by atoms with Crippen molar-refractivity contribution < 1.29 is 5.11 Å². The van der Waals surface area contributed by atoms with Gasteiger partial charge in [-0.1, -0.05) is 19.3 Å². The highest BCUT2D eigenvalue weighted by Gasteiger charge is 2.20. The van der Waals surface area contributed by atoms with Crippen LogP contribution in [0.25, 0.3) is 0 Å². The molecule has 114 valence electrons. The van der Waals surface area contributed by atoms with Crippen LogP contribution in [0.4, 0.5) is 0 Å². The van der Waals surface area contributed by atoms with Crippen molar-refractivity contribution in [1.29, 1.82) is 0 Å². The smallest absolute Gasteiger partial charge is 0.0558 e. The molecule has 2 rings (SSSR count). The summed E-state index contributed by atoms with van der Waals surface area (Å²) in [4.78, 5) is 2.52. The molecule has 1 saturated heterocycles. The molecule has 0 spiro atoms. The van der Waals surface area contributed by atoms with Gasteiger partial charge in [0.25, 0.3) is 0 Å². The van der Waals surface area contributed by atoms with Crippen LogP contribution in [0, 0.1) is 11.8 Å². The Morgan fingerprint density at radius 3 is 2.26 bits per heavy atom. The van der Waals surface area contributed by atoms with Crippen LogP contribution in [0.1, 0.15) is 44.9 Å². The first-order valence-corrected chi connectivity index (χ1v) is 7.92. The number of rotatable bonds is 6. The first-order chi connectivity index (χ1) is 8.88. The van der Waals surface area contributed by atoms with Crippen LogP contribution in [0.2, 0.25) is 0 Å². The van der Waals surface area contributed by atoms with Gasteiger partial charge in [-0.2, -0.15) is 0 Å². The van der Waals surface area contributed by atoms with E-state index in [0.717, 1.165) is 18.4 Å². The van der Waals surface area contributed by atoms with Crippen molar-refractivity contribution in [2.75, 3.05) is 39.3 Å². The van der Waals surface area contributed by atoms with E-state index in [1.165, 1.54) is 71.1 Å². The Morgan fingerprint density at radius 1 is 0.947 bits per heavy atom. The van der Waals surface area contributed by atoms with Crippen LogP contribution in [0.5, 0.6) is 0 Å². The van der Waals surface area contributed by atoms with E-state index in [2.05, 4.69) is 10.2 Å².